The number of aliphatic hydroxyl groups excluding tert-OH is 1. The summed E-state index contributed by atoms with van der Waals surface area (Å²) in [7, 11) is 0. The second-order valence-electron chi connectivity index (χ2n) is 4.18. The van der Waals surface area contributed by atoms with Crippen molar-refractivity contribution in [2.45, 2.75) is 31.9 Å². The molecule has 3 N–H and O–H groups in total. The predicted octanol–water partition coefficient (Wildman–Crippen LogP) is -0.831. The zero-order valence-electron chi connectivity index (χ0n) is 10.7. The first-order valence-corrected chi connectivity index (χ1v) is 6.06. The van der Waals surface area contributed by atoms with Gasteiger partial charge < -0.3 is 25.2 Å². The number of carboxylic acid groups (broad SMARTS) is 1. The third-order valence-corrected chi connectivity index (χ3v) is 2.74. The first kappa shape index (κ1) is 15.2. The van der Waals surface area contributed by atoms with Gasteiger partial charge in [-0.15, -0.1) is 0 Å². The van der Waals surface area contributed by atoms with Crippen LogP contribution in [0.5, 0.6) is 0 Å². The highest BCUT2D eigenvalue weighted by atomic mass is 16.5. The monoisotopic (exact) mass is 274 g/mol. The van der Waals surface area contributed by atoms with E-state index in [4.69, 9.17) is 5.11 Å². The molecule has 1 saturated heterocycles. The molecule has 1 aliphatic rings. The highest BCUT2D eigenvalue weighted by Gasteiger charge is 2.38. The van der Waals surface area contributed by atoms with Crippen LogP contribution in [0.25, 0.3) is 0 Å². The van der Waals surface area contributed by atoms with E-state index in [0.717, 1.165) is 4.90 Å². The van der Waals surface area contributed by atoms with Crippen molar-refractivity contribution >= 4 is 18.0 Å². The van der Waals surface area contributed by atoms with E-state index in [1.54, 1.807) is 6.92 Å². The van der Waals surface area contributed by atoms with Crippen molar-refractivity contribution in [1.82, 2.24) is 10.2 Å². The third-order valence-electron chi connectivity index (χ3n) is 2.74. The lowest BCUT2D eigenvalue weighted by molar-refractivity contribution is -0.143. The van der Waals surface area contributed by atoms with Crippen LogP contribution in [0.1, 0.15) is 19.8 Å². The molecule has 2 amide bonds. The number of hydrogen-bond donors (Lipinski definition) is 3. The van der Waals surface area contributed by atoms with Gasteiger partial charge in [0.05, 0.1) is 19.1 Å². The molecule has 19 heavy (non-hydrogen) atoms. The second kappa shape index (κ2) is 6.93. The predicted molar refractivity (Wildman–Crippen MR) is 63.4 cm³/mol. The molecular weight excluding hydrogens is 256 g/mol. The lowest BCUT2D eigenvalue weighted by Gasteiger charge is -2.21. The Morgan fingerprint density at radius 3 is 2.68 bits per heavy atom. The molecule has 0 spiro atoms. The Hall–Kier alpha value is -1.83. The van der Waals surface area contributed by atoms with Gasteiger partial charge in [0.15, 0.2) is 0 Å². The number of rotatable bonds is 5. The van der Waals surface area contributed by atoms with Gasteiger partial charge in [0.25, 0.3) is 0 Å². The molecule has 108 valence electrons. The molecule has 2 atom stereocenters. The van der Waals surface area contributed by atoms with Crippen LogP contribution in [-0.2, 0) is 14.3 Å². The first-order valence-electron chi connectivity index (χ1n) is 6.06. The number of amides is 2. The van der Waals surface area contributed by atoms with Crippen LogP contribution in [0.3, 0.4) is 0 Å². The highest BCUT2D eigenvalue weighted by molar-refractivity contribution is 5.83. The van der Waals surface area contributed by atoms with Crippen molar-refractivity contribution in [3.8, 4) is 0 Å². The number of β-amino-alcohol motifs (C(OH)–C–C–N with tert-alkyl or cyclic N) is 1. The van der Waals surface area contributed by atoms with Crippen molar-refractivity contribution < 1.29 is 29.3 Å². The van der Waals surface area contributed by atoms with Gasteiger partial charge in [-0.2, -0.15) is 0 Å². The molecule has 8 nitrogen and oxygen atoms in total. The van der Waals surface area contributed by atoms with Gasteiger partial charge in [-0.1, -0.05) is 0 Å². The quantitative estimate of drug-likeness (QED) is 0.563. The summed E-state index contributed by atoms with van der Waals surface area (Å²) >= 11 is 0. The molecule has 0 aliphatic carbocycles. The molecule has 1 rings (SSSR count). The summed E-state index contributed by atoms with van der Waals surface area (Å²) in [5.41, 5.74) is 0. The van der Waals surface area contributed by atoms with Crippen LogP contribution in [0, 0.1) is 0 Å². The molecule has 0 aromatic carbocycles. The van der Waals surface area contributed by atoms with E-state index in [1.165, 1.54) is 0 Å². The van der Waals surface area contributed by atoms with Gasteiger partial charge in [-0.05, 0) is 6.92 Å². The lowest BCUT2D eigenvalue weighted by atomic mass is 10.2. The lowest BCUT2D eigenvalue weighted by Crippen LogP contribution is -2.46. The van der Waals surface area contributed by atoms with Crippen LogP contribution in [0.4, 0.5) is 4.79 Å². The minimum atomic E-state index is -1.16. The van der Waals surface area contributed by atoms with E-state index in [0.29, 0.717) is 0 Å². The molecule has 1 aliphatic heterocycles. The molecule has 0 radical (unpaired) electrons. The van der Waals surface area contributed by atoms with Gasteiger partial charge in [-0.25, -0.2) is 9.59 Å². The summed E-state index contributed by atoms with van der Waals surface area (Å²) < 4.78 is 4.69. The average molecular weight is 274 g/mol. The standard InChI is InChI=1S/C11H18N2O6/c1-2-19-9(15)3-4-12-11(18)13-6-7(14)5-8(13)10(16)17/h7-8,14H,2-6H2,1H3,(H,12,18)(H,16,17)/t7-,8-/m1/s1. The van der Waals surface area contributed by atoms with Crippen LogP contribution < -0.4 is 5.32 Å². The second-order valence-corrected chi connectivity index (χ2v) is 4.18. The topological polar surface area (TPSA) is 116 Å². The number of aliphatic hydroxyl groups is 1. The van der Waals surface area contributed by atoms with Gasteiger partial charge in [0.2, 0.25) is 0 Å². The van der Waals surface area contributed by atoms with Crippen molar-refractivity contribution in [2.24, 2.45) is 0 Å². The Labute approximate surface area is 110 Å². The van der Waals surface area contributed by atoms with E-state index in [-0.39, 0.29) is 32.5 Å². The number of nitrogens with one attached hydrogen (secondary N) is 1. The van der Waals surface area contributed by atoms with Crippen molar-refractivity contribution in [2.75, 3.05) is 19.7 Å². The van der Waals surface area contributed by atoms with Crippen LogP contribution in [-0.4, -0.2) is 64.9 Å². The Morgan fingerprint density at radius 1 is 1.42 bits per heavy atom. The number of nitrogens with zero attached hydrogens (tertiary/aromatic N) is 1. The maximum Gasteiger partial charge on any atom is 0.326 e. The largest absolute Gasteiger partial charge is 0.480 e. The zero-order valence-corrected chi connectivity index (χ0v) is 10.7. The smallest absolute Gasteiger partial charge is 0.326 e. The molecule has 0 aromatic rings. The summed E-state index contributed by atoms with van der Waals surface area (Å²) in [6.07, 6.45) is -0.800. The molecule has 0 aromatic heterocycles. The van der Waals surface area contributed by atoms with Crippen molar-refractivity contribution in [3.05, 3.63) is 0 Å². The summed E-state index contributed by atoms with van der Waals surface area (Å²) in [6.45, 7) is 1.99. The Balaban J connectivity index is 2.40. The maximum atomic E-state index is 11.7. The minimum absolute atomic E-state index is 0.0145. The van der Waals surface area contributed by atoms with Crippen LogP contribution >= 0.6 is 0 Å². The summed E-state index contributed by atoms with van der Waals surface area (Å²) in [6, 6.07) is -1.63. The fourth-order valence-corrected chi connectivity index (χ4v) is 1.88. The number of carboxylic acids is 1. The normalized spacial score (nSPS) is 22.1. The van der Waals surface area contributed by atoms with Crippen LogP contribution in [0.2, 0.25) is 0 Å². The number of carbonyl (C=O) groups is 3. The number of hydrogen-bond acceptors (Lipinski definition) is 5. The number of aliphatic carboxylic acids is 1. The molecule has 0 saturated carbocycles. The summed E-state index contributed by atoms with van der Waals surface area (Å²) in [5, 5.41) is 20.8. The average Bonchev–Trinajstić information content (AvgIpc) is 2.72. The number of likely N-dealkylation sites (tertiary alicyclic amines) is 1. The fraction of sp³-hybridized carbons (Fsp3) is 0.727. The Morgan fingerprint density at radius 2 is 2.11 bits per heavy atom. The summed E-state index contributed by atoms with van der Waals surface area (Å²) in [4.78, 5) is 34.8. The SMILES string of the molecule is CCOC(=O)CCNC(=O)N1C[C@H](O)C[C@@H]1C(=O)O. The molecule has 1 fully saturated rings. The van der Waals surface area contributed by atoms with Crippen molar-refractivity contribution in [3.63, 3.8) is 0 Å². The highest BCUT2D eigenvalue weighted by Crippen LogP contribution is 2.17. The van der Waals surface area contributed by atoms with E-state index in [1.807, 2.05) is 0 Å². The maximum absolute atomic E-state index is 11.7. The minimum Gasteiger partial charge on any atom is -0.480 e. The van der Waals surface area contributed by atoms with Gasteiger partial charge in [-0.3, -0.25) is 4.79 Å². The van der Waals surface area contributed by atoms with Crippen molar-refractivity contribution in [1.29, 1.82) is 0 Å². The zero-order chi connectivity index (χ0) is 14.4. The molecule has 8 heteroatoms. The number of carbonyl (C=O) groups excluding carboxylic acids is 2. The number of esters is 1. The van der Waals surface area contributed by atoms with Gasteiger partial charge in [0, 0.05) is 19.5 Å². The van der Waals surface area contributed by atoms with Gasteiger partial charge in [0.1, 0.15) is 6.04 Å². The molecule has 0 unspecified atom stereocenters. The first-order chi connectivity index (χ1) is 8.95. The Bertz CT molecular complexity index is 359. The third kappa shape index (κ3) is 4.40. The van der Waals surface area contributed by atoms with Crippen LogP contribution in [0.15, 0.2) is 0 Å². The van der Waals surface area contributed by atoms with E-state index >= 15 is 0 Å². The number of urea groups is 1. The van der Waals surface area contributed by atoms with E-state index in [9.17, 15) is 19.5 Å². The van der Waals surface area contributed by atoms with E-state index in [2.05, 4.69) is 10.1 Å². The Kier molecular flexibility index (Phi) is 5.56. The van der Waals surface area contributed by atoms with E-state index < -0.39 is 30.1 Å². The molecule has 0 bridgehead atoms. The molecular formula is C11H18N2O6. The summed E-state index contributed by atoms with van der Waals surface area (Å²) in [5.74, 6) is -1.59. The molecule has 1 heterocycles. The van der Waals surface area contributed by atoms with Gasteiger partial charge >= 0.3 is 18.0 Å². The number of ether oxygens (including phenoxy) is 1. The fourth-order valence-electron chi connectivity index (χ4n) is 1.88.